The molecule has 19 heavy (non-hydrogen) atoms. The van der Waals surface area contributed by atoms with Gasteiger partial charge in [-0.25, -0.2) is 8.42 Å². The highest BCUT2D eigenvalue weighted by Crippen LogP contribution is 2.21. The lowest BCUT2D eigenvalue weighted by Gasteiger charge is -2.23. The van der Waals surface area contributed by atoms with Crippen LogP contribution in [0.3, 0.4) is 0 Å². The molecule has 1 fully saturated rings. The van der Waals surface area contributed by atoms with Crippen molar-refractivity contribution in [1.82, 2.24) is 9.62 Å². The lowest BCUT2D eigenvalue weighted by Crippen LogP contribution is -2.38. The van der Waals surface area contributed by atoms with Crippen molar-refractivity contribution < 1.29 is 13.2 Å². The van der Waals surface area contributed by atoms with E-state index in [1.54, 1.807) is 31.3 Å². The minimum absolute atomic E-state index is 0.0385. The molecule has 1 aliphatic heterocycles. The molecule has 1 saturated heterocycles. The van der Waals surface area contributed by atoms with E-state index in [9.17, 15) is 8.42 Å². The predicted molar refractivity (Wildman–Crippen MR) is 73.8 cm³/mol. The van der Waals surface area contributed by atoms with Crippen LogP contribution in [0.5, 0.6) is 5.75 Å². The lowest BCUT2D eigenvalue weighted by atomic mass is 10.3. The summed E-state index contributed by atoms with van der Waals surface area (Å²) in [6.45, 7) is 4.05. The zero-order chi connectivity index (χ0) is 13.9. The van der Waals surface area contributed by atoms with Gasteiger partial charge in [0.1, 0.15) is 5.75 Å². The van der Waals surface area contributed by atoms with Crippen LogP contribution >= 0.6 is 0 Å². The Kier molecular flexibility index (Phi) is 4.44. The van der Waals surface area contributed by atoms with Gasteiger partial charge in [-0.1, -0.05) is 0 Å². The van der Waals surface area contributed by atoms with Crippen molar-refractivity contribution in [3.8, 4) is 5.75 Å². The average Bonchev–Trinajstić information content (AvgIpc) is 2.92. The molecular weight excluding hydrogens is 264 g/mol. The highest BCUT2D eigenvalue weighted by molar-refractivity contribution is 7.89. The summed E-state index contributed by atoms with van der Waals surface area (Å²) in [4.78, 5) is 0.311. The van der Waals surface area contributed by atoms with Crippen LogP contribution in [0.25, 0.3) is 0 Å². The summed E-state index contributed by atoms with van der Waals surface area (Å²) in [6, 6.07) is 6.61. The molecule has 1 unspecified atom stereocenters. The molecule has 0 radical (unpaired) electrons. The molecule has 1 heterocycles. The Morgan fingerprint density at radius 2 is 2.05 bits per heavy atom. The van der Waals surface area contributed by atoms with Crippen molar-refractivity contribution in [3.05, 3.63) is 24.3 Å². The van der Waals surface area contributed by atoms with Gasteiger partial charge in [0, 0.05) is 19.6 Å². The summed E-state index contributed by atoms with van der Waals surface area (Å²) in [5.74, 6) is 0.687. The van der Waals surface area contributed by atoms with E-state index in [1.807, 2.05) is 6.92 Å². The third-order valence-corrected chi connectivity index (χ3v) is 5.28. The number of nitrogens with one attached hydrogen (secondary N) is 1. The van der Waals surface area contributed by atoms with Crippen molar-refractivity contribution in [2.45, 2.75) is 24.3 Å². The first kappa shape index (κ1) is 14.3. The normalized spacial score (nSPS) is 19.8. The monoisotopic (exact) mass is 284 g/mol. The second kappa shape index (κ2) is 5.90. The number of hydrogen-bond acceptors (Lipinski definition) is 4. The molecule has 0 aliphatic carbocycles. The van der Waals surface area contributed by atoms with Gasteiger partial charge in [-0.3, -0.25) is 0 Å². The van der Waals surface area contributed by atoms with Crippen LogP contribution in [0.15, 0.2) is 29.2 Å². The molecule has 1 aromatic rings. The highest BCUT2D eigenvalue weighted by Gasteiger charge is 2.29. The molecule has 0 aromatic heterocycles. The summed E-state index contributed by atoms with van der Waals surface area (Å²) in [5, 5.41) is 3.18. The van der Waals surface area contributed by atoms with Gasteiger partial charge in [0.05, 0.1) is 11.5 Å². The predicted octanol–water partition coefficient (Wildman–Crippen LogP) is 1.07. The molecule has 1 atom stereocenters. The number of benzene rings is 1. The number of likely N-dealkylation sites (N-methyl/N-ethyl adjacent to an activating group) is 1. The van der Waals surface area contributed by atoms with Crippen molar-refractivity contribution in [1.29, 1.82) is 0 Å². The van der Waals surface area contributed by atoms with Crippen LogP contribution in [0, 0.1) is 0 Å². The van der Waals surface area contributed by atoms with E-state index >= 15 is 0 Å². The Balaban J connectivity index is 2.18. The van der Waals surface area contributed by atoms with Crippen LogP contribution in [-0.2, 0) is 10.0 Å². The number of hydrogen-bond donors (Lipinski definition) is 1. The molecule has 1 aromatic carbocycles. The van der Waals surface area contributed by atoms with E-state index in [2.05, 4.69) is 5.32 Å². The molecule has 106 valence electrons. The van der Waals surface area contributed by atoms with E-state index in [4.69, 9.17) is 4.74 Å². The molecule has 0 saturated carbocycles. The van der Waals surface area contributed by atoms with Gasteiger partial charge in [-0.15, -0.1) is 0 Å². The summed E-state index contributed by atoms with van der Waals surface area (Å²) in [5.41, 5.74) is 0. The first-order valence-corrected chi connectivity index (χ1v) is 7.91. The zero-order valence-electron chi connectivity index (χ0n) is 11.3. The first-order chi connectivity index (χ1) is 9.05. The Hall–Kier alpha value is -1.11. The van der Waals surface area contributed by atoms with E-state index in [0.717, 1.165) is 13.0 Å². The molecule has 0 spiro atoms. The maximum absolute atomic E-state index is 12.4. The van der Waals surface area contributed by atoms with Crippen molar-refractivity contribution >= 4 is 10.0 Å². The Bertz CT molecular complexity index is 507. The summed E-state index contributed by atoms with van der Waals surface area (Å²) in [7, 11) is -1.77. The third kappa shape index (κ3) is 3.08. The van der Waals surface area contributed by atoms with Gasteiger partial charge in [0.25, 0.3) is 0 Å². The fourth-order valence-electron chi connectivity index (χ4n) is 2.19. The largest absolute Gasteiger partial charge is 0.494 e. The topological polar surface area (TPSA) is 58.6 Å². The van der Waals surface area contributed by atoms with Crippen molar-refractivity contribution in [3.63, 3.8) is 0 Å². The van der Waals surface area contributed by atoms with Gasteiger partial charge >= 0.3 is 0 Å². The van der Waals surface area contributed by atoms with Crippen LogP contribution < -0.4 is 10.1 Å². The van der Waals surface area contributed by atoms with E-state index in [1.165, 1.54) is 4.31 Å². The molecule has 0 bridgehead atoms. The van der Waals surface area contributed by atoms with Gasteiger partial charge in [-0.05, 0) is 44.2 Å². The second-order valence-corrected chi connectivity index (χ2v) is 6.57. The van der Waals surface area contributed by atoms with Crippen LogP contribution in [-0.4, -0.2) is 45.5 Å². The van der Waals surface area contributed by atoms with Gasteiger partial charge in [0.2, 0.25) is 10.0 Å². The van der Waals surface area contributed by atoms with E-state index < -0.39 is 10.0 Å². The maximum atomic E-state index is 12.4. The molecular formula is C13H20N2O3S. The first-order valence-electron chi connectivity index (χ1n) is 6.47. The Labute approximate surface area is 114 Å². The molecule has 5 nitrogen and oxygen atoms in total. The van der Waals surface area contributed by atoms with Gasteiger partial charge < -0.3 is 10.1 Å². The van der Waals surface area contributed by atoms with Crippen LogP contribution in [0.2, 0.25) is 0 Å². The van der Waals surface area contributed by atoms with Crippen molar-refractivity contribution in [2.24, 2.45) is 0 Å². The molecule has 6 heteroatoms. The zero-order valence-corrected chi connectivity index (χ0v) is 12.1. The summed E-state index contributed by atoms with van der Waals surface area (Å²) >= 11 is 0. The second-order valence-electron chi connectivity index (χ2n) is 4.57. The molecule has 1 aliphatic rings. The Morgan fingerprint density at radius 1 is 1.37 bits per heavy atom. The van der Waals surface area contributed by atoms with Crippen LogP contribution in [0.4, 0.5) is 0 Å². The Morgan fingerprint density at radius 3 is 2.58 bits per heavy atom. The fourth-order valence-corrected chi connectivity index (χ4v) is 3.57. The van der Waals surface area contributed by atoms with Crippen molar-refractivity contribution in [2.75, 3.05) is 26.7 Å². The molecule has 2 rings (SSSR count). The van der Waals surface area contributed by atoms with Crippen LogP contribution in [0.1, 0.15) is 13.3 Å². The SMILES string of the molecule is CCOc1ccc(S(=O)(=O)N(C)C2CCNC2)cc1. The number of ether oxygens (including phenoxy) is 1. The van der Waals surface area contributed by atoms with Gasteiger partial charge in [0.15, 0.2) is 0 Å². The number of rotatable bonds is 5. The third-order valence-electron chi connectivity index (χ3n) is 3.36. The lowest BCUT2D eigenvalue weighted by molar-refractivity contribution is 0.340. The fraction of sp³-hybridized carbons (Fsp3) is 0.538. The quantitative estimate of drug-likeness (QED) is 0.878. The van der Waals surface area contributed by atoms with E-state index in [0.29, 0.717) is 23.8 Å². The molecule has 1 N–H and O–H groups in total. The number of sulfonamides is 1. The summed E-state index contributed by atoms with van der Waals surface area (Å²) < 4.78 is 31.7. The minimum atomic E-state index is -3.42. The smallest absolute Gasteiger partial charge is 0.243 e. The number of nitrogens with zero attached hydrogens (tertiary/aromatic N) is 1. The average molecular weight is 284 g/mol. The standard InChI is InChI=1S/C13H20N2O3S/c1-3-18-12-4-6-13(7-5-12)19(16,17)15(2)11-8-9-14-10-11/h4-7,11,14H,3,8-10H2,1-2H3. The minimum Gasteiger partial charge on any atom is -0.494 e. The summed E-state index contributed by atoms with van der Waals surface area (Å²) in [6.07, 6.45) is 0.854. The highest BCUT2D eigenvalue weighted by atomic mass is 32.2. The van der Waals surface area contributed by atoms with Gasteiger partial charge in [-0.2, -0.15) is 4.31 Å². The van der Waals surface area contributed by atoms with E-state index in [-0.39, 0.29) is 6.04 Å². The molecule has 0 amide bonds. The maximum Gasteiger partial charge on any atom is 0.243 e.